The number of esters is 1. The zero-order chi connectivity index (χ0) is 20.7. The first-order valence-electron chi connectivity index (χ1n) is 8.11. The van der Waals surface area contributed by atoms with Crippen molar-refractivity contribution in [2.24, 2.45) is 10.2 Å². The van der Waals surface area contributed by atoms with Gasteiger partial charge in [0, 0.05) is 19.8 Å². The first kappa shape index (κ1) is 21.1. The largest absolute Gasteiger partial charge is 0.462 e. The zero-order valence-corrected chi connectivity index (χ0v) is 17.0. The lowest BCUT2D eigenvalue weighted by molar-refractivity contribution is -0.137. The molecule has 1 heterocycles. The van der Waals surface area contributed by atoms with Crippen LogP contribution in [-0.2, 0) is 9.53 Å². The topological polar surface area (TPSA) is 102 Å². The smallest absolute Gasteiger partial charge is 0.348 e. The highest BCUT2D eigenvalue weighted by atomic mass is 35.5. The number of carbonyl (C=O) groups excluding carboxylic acids is 1. The van der Waals surface area contributed by atoms with Gasteiger partial charge in [-0.2, -0.15) is 10.5 Å². The van der Waals surface area contributed by atoms with Crippen molar-refractivity contribution in [3.05, 3.63) is 45.3 Å². The SMILES string of the molecule is CCOC(=O)/C(C#N)=C/c1sc(N=Nc2ccc(N(C)C)cc2)c(C#N)c1Cl. The number of carbonyl (C=O) groups is 1. The standard InChI is InChI=1S/C19H16ClN5O2S/c1-4-27-19(26)12(10-21)9-16-17(20)15(11-22)18(28-16)24-23-13-5-7-14(8-6-13)25(2)3/h5-9H,4H2,1-3H3/b12-9+,24-23?. The summed E-state index contributed by atoms with van der Waals surface area (Å²) in [6.07, 6.45) is 1.29. The lowest BCUT2D eigenvalue weighted by atomic mass is 10.2. The van der Waals surface area contributed by atoms with Gasteiger partial charge < -0.3 is 9.64 Å². The maximum Gasteiger partial charge on any atom is 0.348 e. The van der Waals surface area contributed by atoms with Crippen LogP contribution < -0.4 is 4.90 Å². The molecule has 9 heteroatoms. The Morgan fingerprint density at radius 2 is 1.96 bits per heavy atom. The summed E-state index contributed by atoms with van der Waals surface area (Å²) in [6.45, 7) is 1.79. The van der Waals surface area contributed by atoms with Gasteiger partial charge >= 0.3 is 5.97 Å². The number of hydrogen-bond donors (Lipinski definition) is 0. The minimum absolute atomic E-state index is 0.112. The van der Waals surface area contributed by atoms with Gasteiger partial charge in [-0.05, 0) is 37.3 Å². The molecule has 0 bridgehead atoms. The molecule has 1 aromatic heterocycles. The molecule has 0 saturated carbocycles. The van der Waals surface area contributed by atoms with Crippen molar-refractivity contribution in [3.63, 3.8) is 0 Å². The van der Waals surface area contributed by atoms with Crippen molar-refractivity contribution < 1.29 is 9.53 Å². The molecule has 0 aliphatic rings. The molecule has 0 saturated heterocycles. The molecule has 0 aliphatic carbocycles. The van der Waals surface area contributed by atoms with Crippen LogP contribution in [0, 0.1) is 22.7 Å². The van der Waals surface area contributed by atoms with Gasteiger partial charge in [-0.3, -0.25) is 0 Å². The molecule has 142 valence electrons. The average molecular weight is 414 g/mol. The second-order valence-electron chi connectivity index (χ2n) is 5.57. The molecule has 28 heavy (non-hydrogen) atoms. The van der Waals surface area contributed by atoms with E-state index in [4.69, 9.17) is 21.6 Å². The summed E-state index contributed by atoms with van der Waals surface area (Å²) >= 11 is 7.28. The second-order valence-corrected chi connectivity index (χ2v) is 6.98. The number of nitrogens with zero attached hydrogens (tertiary/aromatic N) is 5. The molecule has 0 radical (unpaired) electrons. The fraction of sp³-hybridized carbons (Fsp3) is 0.211. The quantitative estimate of drug-likeness (QED) is 0.279. The Morgan fingerprint density at radius 1 is 1.29 bits per heavy atom. The summed E-state index contributed by atoms with van der Waals surface area (Å²) in [5, 5.41) is 27.2. The van der Waals surface area contributed by atoms with Gasteiger partial charge in [0.25, 0.3) is 0 Å². The highest BCUT2D eigenvalue weighted by Gasteiger charge is 2.18. The number of benzene rings is 1. The van der Waals surface area contributed by atoms with Crippen LogP contribution in [0.5, 0.6) is 0 Å². The van der Waals surface area contributed by atoms with Crippen molar-refractivity contribution in [1.29, 1.82) is 10.5 Å². The third-order valence-corrected chi connectivity index (χ3v) is 5.01. The average Bonchev–Trinajstić information content (AvgIpc) is 2.99. The van der Waals surface area contributed by atoms with Gasteiger partial charge in [0.2, 0.25) is 0 Å². The normalized spacial score (nSPS) is 11.1. The first-order valence-corrected chi connectivity index (χ1v) is 9.31. The fourth-order valence-corrected chi connectivity index (χ4v) is 3.34. The van der Waals surface area contributed by atoms with Crippen molar-refractivity contribution >= 4 is 51.4 Å². The number of rotatable bonds is 6. The highest BCUT2D eigenvalue weighted by molar-refractivity contribution is 7.17. The first-order chi connectivity index (χ1) is 13.4. The number of halogens is 1. The highest BCUT2D eigenvalue weighted by Crippen LogP contribution is 2.40. The van der Waals surface area contributed by atoms with Gasteiger partial charge in [0.15, 0.2) is 5.00 Å². The molecule has 0 spiro atoms. The van der Waals surface area contributed by atoms with Crippen LogP contribution in [-0.4, -0.2) is 26.7 Å². The predicted molar refractivity (Wildman–Crippen MR) is 109 cm³/mol. The summed E-state index contributed by atoms with van der Waals surface area (Å²) < 4.78 is 4.82. The summed E-state index contributed by atoms with van der Waals surface area (Å²) in [4.78, 5) is 14.1. The zero-order valence-electron chi connectivity index (χ0n) is 15.4. The Balaban J connectivity index is 2.36. The monoisotopic (exact) mass is 413 g/mol. The van der Waals surface area contributed by atoms with E-state index in [1.807, 2.05) is 37.2 Å². The summed E-state index contributed by atoms with van der Waals surface area (Å²) in [5.74, 6) is -0.753. The molecule has 2 rings (SSSR count). The van der Waals surface area contributed by atoms with Crippen LogP contribution in [0.25, 0.3) is 6.08 Å². The van der Waals surface area contributed by atoms with E-state index in [2.05, 4.69) is 10.2 Å². The van der Waals surface area contributed by atoms with Gasteiger partial charge in [0.05, 0.1) is 22.2 Å². The Morgan fingerprint density at radius 3 is 2.50 bits per heavy atom. The third kappa shape index (κ3) is 4.95. The molecule has 0 unspecified atom stereocenters. The van der Waals surface area contributed by atoms with E-state index in [1.165, 1.54) is 6.08 Å². The maximum atomic E-state index is 11.8. The van der Waals surface area contributed by atoms with E-state index in [1.54, 1.807) is 25.1 Å². The van der Waals surface area contributed by atoms with E-state index in [0.717, 1.165) is 17.0 Å². The predicted octanol–water partition coefficient (Wildman–Crippen LogP) is 5.22. The minimum atomic E-state index is -0.753. The number of thiophene rings is 1. The molecule has 0 amide bonds. The Labute approximate surface area is 171 Å². The van der Waals surface area contributed by atoms with E-state index < -0.39 is 5.97 Å². The van der Waals surface area contributed by atoms with Crippen molar-refractivity contribution in [2.75, 3.05) is 25.6 Å². The number of anilines is 1. The maximum absolute atomic E-state index is 11.8. The van der Waals surface area contributed by atoms with E-state index in [-0.39, 0.29) is 27.8 Å². The van der Waals surface area contributed by atoms with Crippen LogP contribution in [0.1, 0.15) is 17.4 Å². The number of nitriles is 2. The van der Waals surface area contributed by atoms with Crippen LogP contribution in [0.3, 0.4) is 0 Å². The van der Waals surface area contributed by atoms with Crippen LogP contribution in [0.2, 0.25) is 5.02 Å². The molecule has 0 atom stereocenters. The minimum Gasteiger partial charge on any atom is -0.462 e. The van der Waals surface area contributed by atoms with Crippen LogP contribution >= 0.6 is 22.9 Å². The second kappa shape index (κ2) is 9.65. The van der Waals surface area contributed by atoms with E-state index in [0.29, 0.717) is 10.6 Å². The van der Waals surface area contributed by atoms with Crippen molar-refractivity contribution in [1.82, 2.24) is 0 Å². The van der Waals surface area contributed by atoms with Crippen LogP contribution in [0.15, 0.2) is 40.1 Å². The van der Waals surface area contributed by atoms with Crippen LogP contribution in [0.4, 0.5) is 16.4 Å². The molecule has 7 nitrogen and oxygen atoms in total. The van der Waals surface area contributed by atoms with Gasteiger partial charge in [-0.25, -0.2) is 4.79 Å². The van der Waals surface area contributed by atoms with Gasteiger partial charge in [-0.1, -0.05) is 11.6 Å². The molecule has 2 aromatic rings. The molecule has 1 aromatic carbocycles. The van der Waals surface area contributed by atoms with E-state index >= 15 is 0 Å². The lowest BCUT2D eigenvalue weighted by Gasteiger charge is -2.11. The van der Waals surface area contributed by atoms with Crippen molar-refractivity contribution in [2.45, 2.75) is 6.92 Å². The third-order valence-electron chi connectivity index (χ3n) is 3.48. The Bertz CT molecular complexity index is 1010. The van der Waals surface area contributed by atoms with Gasteiger partial charge in [0.1, 0.15) is 23.3 Å². The lowest BCUT2D eigenvalue weighted by Crippen LogP contribution is -2.07. The van der Waals surface area contributed by atoms with Gasteiger partial charge in [-0.15, -0.1) is 21.6 Å². The Hall–Kier alpha value is -3.20. The number of ether oxygens (including phenoxy) is 1. The molecule has 0 N–H and O–H groups in total. The molecular formula is C19H16ClN5O2S. The summed E-state index contributed by atoms with van der Waals surface area (Å²) in [7, 11) is 3.87. The fourth-order valence-electron chi connectivity index (χ4n) is 2.07. The molecular weight excluding hydrogens is 398 g/mol. The number of azo groups is 1. The molecule has 0 aliphatic heterocycles. The summed E-state index contributed by atoms with van der Waals surface area (Å²) in [5.41, 5.74) is 1.55. The Kier molecular flexibility index (Phi) is 7.28. The van der Waals surface area contributed by atoms with Crippen molar-refractivity contribution in [3.8, 4) is 12.1 Å². The summed E-state index contributed by atoms with van der Waals surface area (Å²) in [6, 6.07) is 11.1. The number of hydrogen-bond acceptors (Lipinski definition) is 8. The molecule has 0 fully saturated rings. The van der Waals surface area contributed by atoms with E-state index in [9.17, 15) is 10.1 Å².